The van der Waals surface area contributed by atoms with Crippen molar-refractivity contribution >= 4 is 10.0 Å². The van der Waals surface area contributed by atoms with Gasteiger partial charge in [-0.1, -0.05) is 0 Å². The number of nitrogens with zero attached hydrogens (tertiary/aromatic N) is 3. The molecule has 25 heavy (non-hydrogen) atoms. The first-order chi connectivity index (χ1) is 12.0. The predicted molar refractivity (Wildman–Crippen MR) is 92.0 cm³/mol. The van der Waals surface area contributed by atoms with Gasteiger partial charge in [-0.05, 0) is 19.1 Å². The molecule has 0 bridgehead atoms. The van der Waals surface area contributed by atoms with E-state index >= 15 is 0 Å². The van der Waals surface area contributed by atoms with Crippen LogP contribution in [0.4, 0.5) is 0 Å². The first-order valence-corrected chi connectivity index (χ1v) is 9.96. The van der Waals surface area contributed by atoms with Crippen LogP contribution in [0.5, 0.6) is 11.5 Å². The summed E-state index contributed by atoms with van der Waals surface area (Å²) in [7, 11) is -3.56. The van der Waals surface area contributed by atoms with Crippen molar-refractivity contribution in [2.24, 2.45) is 5.92 Å². The molecule has 2 aliphatic heterocycles. The zero-order valence-electron chi connectivity index (χ0n) is 14.3. The molecule has 2 aliphatic rings. The largest absolute Gasteiger partial charge is 0.490 e. The second-order valence-electron chi connectivity index (χ2n) is 6.39. The van der Waals surface area contributed by atoms with Crippen molar-refractivity contribution in [3.05, 3.63) is 18.2 Å². The monoisotopic (exact) mass is 365 g/mol. The molecule has 0 unspecified atom stereocenters. The first-order valence-electron chi connectivity index (χ1n) is 8.52. The van der Waals surface area contributed by atoms with Crippen LogP contribution in [-0.4, -0.2) is 63.6 Å². The molecule has 0 N–H and O–H groups in total. The lowest BCUT2D eigenvalue weighted by Crippen LogP contribution is -2.49. The van der Waals surface area contributed by atoms with Gasteiger partial charge in [-0.25, -0.2) is 8.42 Å². The van der Waals surface area contributed by atoms with Crippen LogP contribution in [0.2, 0.25) is 0 Å². The van der Waals surface area contributed by atoms with Gasteiger partial charge in [0.2, 0.25) is 10.0 Å². The summed E-state index contributed by atoms with van der Waals surface area (Å²) in [5.41, 5.74) is 0. The van der Waals surface area contributed by atoms with Gasteiger partial charge < -0.3 is 9.47 Å². The molecular formula is C17H23N3O4S. The minimum Gasteiger partial charge on any atom is -0.490 e. The fourth-order valence-electron chi connectivity index (χ4n) is 3.03. The maximum atomic E-state index is 12.9. The number of rotatable bonds is 4. The van der Waals surface area contributed by atoms with E-state index < -0.39 is 10.0 Å². The summed E-state index contributed by atoms with van der Waals surface area (Å²) >= 11 is 0. The Kier molecular flexibility index (Phi) is 5.47. The van der Waals surface area contributed by atoms with E-state index in [1.807, 2.05) is 6.92 Å². The minimum absolute atomic E-state index is 0.0510. The highest BCUT2D eigenvalue weighted by molar-refractivity contribution is 7.89. The van der Waals surface area contributed by atoms with E-state index in [-0.39, 0.29) is 10.8 Å². The molecule has 0 radical (unpaired) electrons. The molecule has 1 atom stereocenters. The number of nitriles is 1. The average Bonchev–Trinajstić information content (AvgIpc) is 2.86. The number of sulfonamides is 1. The Morgan fingerprint density at radius 3 is 2.52 bits per heavy atom. The quantitative estimate of drug-likeness (QED) is 0.800. The molecule has 8 heteroatoms. The van der Waals surface area contributed by atoms with Crippen LogP contribution in [0, 0.1) is 17.2 Å². The van der Waals surface area contributed by atoms with E-state index in [2.05, 4.69) is 11.0 Å². The maximum Gasteiger partial charge on any atom is 0.243 e. The smallest absolute Gasteiger partial charge is 0.243 e. The van der Waals surface area contributed by atoms with Crippen LogP contribution in [0.25, 0.3) is 0 Å². The van der Waals surface area contributed by atoms with Gasteiger partial charge in [0, 0.05) is 45.2 Å². The molecule has 1 saturated heterocycles. The summed E-state index contributed by atoms with van der Waals surface area (Å²) in [6.07, 6.45) is 0.778. The SMILES string of the molecule is C[C@H](C#N)CN1CCN(S(=O)(=O)c2ccc3c(c2)OCCCO3)CC1. The highest BCUT2D eigenvalue weighted by Crippen LogP contribution is 2.33. The first kappa shape index (κ1) is 18.0. The van der Waals surface area contributed by atoms with Gasteiger partial charge in [-0.2, -0.15) is 9.57 Å². The zero-order valence-corrected chi connectivity index (χ0v) is 15.2. The van der Waals surface area contributed by atoms with E-state index in [0.29, 0.717) is 57.4 Å². The van der Waals surface area contributed by atoms with E-state index in [1.165, 1.54) is 4.31 Å². The Morgan fingerprint density at radius 1 is 1.16 bits per heavy atom. The van der Waals surface area contributed by atoms with E-state index in [1.54, 1.807) is 18.2 Å². The molecular weight excluding hydrogens is 342 g/mol. The summed E-state index contributed by atoms with van der Waals surface area (Å²) in [5, 5.41) is 8.91. The van der Waals surface area contributed by atoms with Crippen molar-refractivity contribution in [1.82, 2.24) is 9.21 Å². The molecule has 1 aromatic carbocycles. The third-order valence-electron chi connectivity index (χ3n) is 4.44. The van der Waals surface area contributed by atoms with Gasteiger partial charge >= 0.3 is 0 Å². The highest BCUT2D eigenvalue weighted by atomic mass is 32.2. The summed E-state index contributed by atoms with van der Waals surface area (Å²) in [5.74, 6) is 1.02. The number of benzene rings is 1. The average molecular weight is 365 g/mol. The molecule has 0 amide bonds. The van der Waals surface area contributed by atoms with E-state index in [0.717, 1.165) is 6.42 Å². The number of piperazine rings is 1. The normalized spacial score (nSPS) is 20.5. The highest BCUT2D eigenvalue weighted by Gasteiger charge is 2.29. The van der Waals surface area contributed by atoms with Gasteiger partial charge in [0.1, 0.15) is 0 Å². The molecule has 136 valence electrons. The van der Waals surface area contributed by atoms with Crippen LogP contribution in [0.15, 0.2) is 23.1 Å². The van der Waals surface area contributed by atoms with Crippen LogP contribution in [0.3, 0.4) is 0 Å². The Labute approximate surface area is 148 Å². The Hall–Kier alpha value is -1.82. The second-order valence-corrected chi connectivity index (χ2v) is 8.33. The van der Waals surface area contributed by atoms with Crippen molar-refractivity contribution in [3.8, 4) is 17.6 Å². The van der Waals surface area contributed by atoms with Gasteiger partial charge in [0.05, 0.1) is 30.1 Å². The molecule has 0 saturated carbocycles. The van der Waals surface area contributed by atoms with E-state index in [4.69, 9.17) is 14.7 Å². The molecule has 0 spiro atoms. The minimum atomic E-state index is -3.56. The number of fused-ring (bicyclic) bond motifs is 1. The maximum absolute atomic E-state index is 12.9. The lowest BCUT2D eigenvalue weighted by molar-refractivity contribution is 0.178. The lowest BCUT2D eigenvalue weighted by atomic mass is 10.2. The van der Waals surface area contributed by atoms with Crippen molar-refractivity contribution in [2.75, 3.05) is 45.9 Å². The summed E-state index contributed by atoms with van der Waals surface area (Å²) in [6, 6.07) is 7.01. The third kappa shape index (κ3) is 4.06. The lowest BCUT2D eigenvalue weighted by Gasteiger charge is -2.34. The molecule has 3 rings (SSSR count). The fourth-order valence-corrected chi connectivity index (χ4v) is 4.47. The topological polar surface area (TPSA) is 82.9 Å². The van der Waals surface area contributed by atoms with Crippen LogP contribution < -0.4 is 9.47 Å². The van der Waals surface area contributed by atoms with Gasteiger partial charge in [0.15, 0.2) is 11.5 Å². The van der Waals surface area contributed by atoms with Crippen molar-refractivity contribution in [2.45, 2.75) is 18.2 Å². The number of hydrogen-bond acceptors (Lipinski definition) is 6. The van der Waals surface area contributed by atoms with E-state index in [9.17, 15) is 8.42 Å². The zero-order chi connectivity index (χ0) is 17.9. The van der Waals surface area contributed by atoms with Gasteiger partial charge in [0.25, 0.3) is 0 Å². The summed E-state index contributed by atoms with van der Waals surface area (Å²) in [6.45, 7) is 5.76. The van der Waals surface area contributed by atoms with Crippen LogP contribution in [-0.2, 0) is 10.0 Å². The fraction of sp³-hybridized carbons (Fsp3) is 0.588. The molecule has 1 fully saturated rings. The van der Waals surface area contributed by atoms with Crippen molar-refractivity contribution in [3.63, 3.8) is 0 Å². The number of ether oxygens (including phenoxy) is 2. The molecule has 2 heterocycles. The molecule has 0 aromatic heterocycles. The van der Waals surface area contributed by atoms with Crippen LogP contribution >= 0.6 is 0 Å². The Balaban J connectivity index is 1.70. The third-order valence-corrected chi connectivity index (χ3v) is 6.34. The molecule has 7 nitrogen and oxygen atoms in total. The van der Waals surface area contributed by atoms with Crippen molar-refractivity contribution in [1.29, 1.82) is 5.26 Å². The van der Waals surface area contributed by atoms with Gasteiger partial charge in [-0.3, -0.25) is 4.90 Å². The summed E-state index contributed by atoms with van der Waals surface area (Å²) < 4.78 is 38.5. The Morgan fingerprint density at radius 2 is 1.84 bits per heavy atom. The predicted octanol–water partition coefficient (Wildman–Crippen LogP) is 1.31. The number of hydrogen-bond donors (Lipinski definition) is 0. The Bertz CT molecular complexity index is 752. The standard InChI is InChI=1S/C17H23N3O4S/c1-14(12-18)13-19-5-7-20(8-6-19)25(21,22)15-3-4-16-17(11-15)24-10-2-9-23-16/h3-4,11,14H,2,5-10,13H2,1H3/t14-/m1/s1. The second kappa shape index (κ2) is 7.60. The van der Waals surface area contributed by atoms with Crippen LogP contribution in [0.1, 0.15) is 13.3 Å². The molecule has 1 aromatic rings. The molecule has 0 aliphatic carbocycles. The van der Waals surface area contributed by atoms with Crippen molar-refractivity contribution < 1.29 is 17.9 Å². The summed E-state index contributed by atoms with van der Waals surface area (Å²) in [4.78, 5) is 2.36. The van der Waals surface area contributed by atoms with Gasteiger partial charge in [-0.15, -0.1) is 0 Å².